The maximum atomic E-state index is 11.2. The second-order valence-electron chi connectivity index (χ2n) is 6.76. The summed E-state index contributed by atoms with van der Waals surface area (Å²) in [6.45, 7) is 11.9. The molecule has 0 bridgehead atoms. The zero-order chi connectivity index (χ0) is 15.1. The Labute approximate surface area is 145 Å². The van der Waals surface area contributed by atoms with Crippen LogP contribution in [0.5, 0.6) is 5.75 Å². The fourth-order valence-electron chi connectivity index (χ4n) is 1.94. The standard InChI is InChI=1S/C14H23O4P.Na.H/c1-13(2,3)10-8-7-9-11(14(4,5)6)12(10)18-19(15,16)17;;/h7-9H,1-6H3,(H2,15,16,17);;/q;+1;-1. The Balaban J connectivity index is 0. The van der Waals surface area contributed by atoms with Gasteiger partial charge >= 0.3 is 37.4 Å². The number of hydrogen-bond acceptors (Lipinski definition) is 2. The number of hydrogen-bond donors (Lipinski definition) is 2. The monoisotopic (exact) mass is 310 g/mol. The van der Waals surface area contributed by atoms with E-state index < -0.39 is 7.82 Å². The van der Waals surface area contributed by atoms with Gasteiger partial charge in [-0.05, 0) is 10.8 Å². The van der Waals surface area contributed by atoms with E-state index in [1.165, 1.54) is 0 Å². The third kappa shape index (κ3) is 5.51. The Morgan fingerprint density at radius 3 is 1.60 bits per heavy atom. The van der Waals surface area contributed by atoms with Gasteiger partial charge in [0.15, 0.2) is 0 Å². The van der Waals surface area contributed by atoms with Crippen LogP contribution in [0, 0.1) is 0 Å². The smallest absolute Gasteiger partial charge is 1.00 e. The van der Waals surface area contributed by atoms with Gasteiger partial charge in [0.1, 0.15) is 5.75 Å². The molecule has 0 heterocycles. The first-order chi connectivity index (χ1) is 8.32. The summed E-state index contributed by atoms with van der Waals surface area (Å²) in [5.74, 6) is 0.302. The van der Waals surface area contributed by atoms with E-state index in [4.69, 9.17) is 14.3 Å². The van der Waals surface area contributed by atoms with Crippen LogP contribution in [0.15, 0.2) is 18.2 Å². The predicted octanol–water partition coefficient (Wildman–Crippen LogP) is 0.870. The minimum Gasteiger partial charge on any atom is -1.00 e. The molecule has 110 valence electrons. The van der Waals surface area contributed by atoms with E-state index >= 15 is 0 Å². The van der Waals surface area contributed by atoms with E-state index in [0.29, 0.717) is 5.75 Å². The van der Waals surface area contributed by atoms with Crippen molar-refractivity contribution in [2.75, 3.05) is 0 Å². The zero-order valence-electron chi connectivity index (χ0n) is 14.4. The fraction of sp³-hybridized carbons (Fsp3) is 0.571. The summed E-state index contributed by atoms with van der Waals surface area (Å²) in [5.41, 5.74) is 1.07. The second kappa shape index (κ2) is 6.51. The van der Waals surface area contributed by atoms with E-state index in [1.54, 1.807) is 0 Å². The normalized spacial score (nSPS) is 12.8. The first-order valence-electron chi connectivity index (χ1n) is 6.21. The summed E-state index contributed by atoms with van der Waals surface area (Å²) < 4.78 is 16.2. The van der Waals surface area contributed by atoms with Crippen molar-refractivity contribution in [3.05, 3.63) is 29.3 Å². The van der Waals surface area contributed by atoms with Gasteiger partial charge in [-0.2, -0.15) is 0 Å². The van der Waals surface area contributed by atoms with Crippen LogP contribution in [-0.2, 0) is 15.4 Å². The van der Waals surface area contributed by atoms with Gasteiger partial charge in [0.25, 0.3) is 0 Å². The molecular formula is C14H24NaO4P. The summed E-state index contributed by atoms with van der Waals surface area (Å²) in [5, 5.41) is 0. The van der Waals surface area contributed by atoms with Gasteiger partial charge in [0.05, 0.1) is 0 Å². The minimum absolute atomic E-state index is 0. The topological polar surface area (TPSA) is 66.8 Å². The molecule has 0 aliphatic carbocycles. The molecule has 0 unspecified atom stereocenters. The van der Waals surface area contributed by atoms with Crippen molar-refractivity contribution in [3.63, 3.8) is 0 Å². The zero-order valence-corrected chi connectivity index (χ0v) is 16.3. The Kier molecular flexibility index (Phi) is 6.57. The van der Waals surface area contributed by atoms with Crippen LogP contribution in [0.1, 0.15) is 54.1 Å². The summed E-state index contributed by atoms with van der Waals surface area (Å²) in [6, 6.07) is 5.59. The number of para-hydroxylation sites is 1. The molecule has 6 heteroatoms. The molecule has 1 aromatic rings. The largest absolute Gasteiger partial charge is 1.00 e. The molecule has 1 rings (SSSR count). The molecule has 0 aromatic heterocycles. The summed E-state index contributed by atoms with van der Waals surface area (Å²) in [6.07, 6.45) is 0. The average Bonchev–Trinajstić information content (AvgIpc) is 2.11. The fourth-order valence-corrected chi connectivity index (χ4v) is 2.37. The number of phosphoric acid groups is 1. The van der Waals surface area contributed by atoms with Crippen molar-refractivity contribution in [2.24, 2.45) is 0 Å². The van der Waals surface area contributed by atoms with Crippen LogP contribution < -0.4 is 34.1 Å². The first kappa shape index (κ1) is 20.2. The van der Waals surface area contributed by atoms with Crippen LogP contribution in [-0.4, -0.2) is 9.79 Å². The Morgan fingerprint density at radius 2 is 1.35 bits per heavy atom. The Hall–Kier alpha value is 0.170. The van der Waals surface area contributed by atoms with Gasteiger partial charge in [-0.15, -0.1) is 0 Å². The molecule has 0 spiro atoms. The Morgan fingerprint density at radius 1 is 1.00 bits per heavy atom. The molecule has 2 N–H and O–H groups in total. The third-order valence-electron chi connectivity index (χ3n) is 2.84. The quantitative estimate of drug-likeness (QED) is 0.628. The van der Waals surface area contributed by atoms with Crippen molar-refractivity contribution in [2.45, 2.75) is 52.4 Å². The molecule has 0 aliphatic heterocycles. The second-order valence-corrected chi connectivity index (χ2v) is 7.93. The summed E-state index contributed by atoms with van der Waals surface area (Å²) in [7, 11) is -4.58. The Bertz CT molecular complexity index is 482. The van der Waals surface area contributed by atoms with Gasteiger partial charge in [-0.25, -0.2) is 4.57 Å². The maximum Gasteiger partial charge on any atom is 1.00 e. The van der Waals surface area contributed by atoms with E-state index in [2.05, 4.69) is 0 Å². The van der Waals surface area contributed by atoms with E-state index in [9.17, 15) is 4.57 Å². The minimum atomic E-state index is -4.58. The summed E-state index contributed by atoms with van der Waals surface area (Å²) >= 11 is 0. The third-order valence-corrected chi connectivity index (χ3v) is 3.26. The van der Waals surface area contributed by atoms with E-state index in [-0.39, 0.29) is 41.8 Å². The van der Waals surface area contributed by atoms with E-state index in [0.717, 1.165) is 11.1 Å². The number of benzene rings is 1. The van der Waals surface area contributed by atoms with Crippen LogP contribution in [0.25, 0.3) is 0 Å². The van der Waals surface area contributed by atoms with Crippen LogP contribution in [0.2, 0.25) is 0 Å². The van der Waals surface area contributed by atoms with Crippen molar-refractivity contribution in [1.29, 1.82) is 0 Å². The van der Waals surface area contributed by atoms with Crippen molar-refractivity contribution in [3.8, 4) is 5.75 Å². The molecule has 0 radical (unpaired) electrons. The van der Waals surface area contributed by atoms with Crippen LogP contribution in [0.3, 0.4) is 0 Å². The van der Waals surface area contributed by atoms with Gasteiger partial charge in [0.2, 0.25) is 0 Å². The van der Waals surface area contributed by atoms with E-state index in [1.807, 2.05) is 59.7 Å². The van der Waals surface area contributed by atoms with Crippen LogP contribution >= 0.6 is 7.82 Å². The SMILES string of the molecule is CC(C)(C)c1cccc(C(C)(C)C)c1OP(=O)(O)O.[H-].[Na+]. The molecule has 1 aromatic carbocycles. The molecule has 0 fully saturated rings. The first-order valence-corrected chi connectivity index (χ1v) is 7.74. The number of rotatable bonds is 2. The number of phosphoric ester groups is 1. The van der Waals surface area contributed by atoms with Crippen LogP contribution in [0.4, 0.5) is 0 Å². The molecule has 0 atom stereocenters. The van der Waals surface area contributed by atoms with Crippen molar-refractivity contribution < 1.29 is 49.9 Å². The molecular weight excluding hydrogens is 286 g/mol. The van der Waals surface area contributed by atoms with Gasteiger partial charge in [-0.3, -0.25) is 9.79 Å². The molecule has 20 heavy (non-hydrogen) atoms. The van der Waals surface area contributed by atoms with Gasteiger partial charge in [-0.1, -0.05) is 59.7 Å². The van der Waals surface area contributed by atoms with Crippen molar-refractivity contribution in [1.82, 2.24) is 0 Å². The van der Waals surface area contributed by atoms with Gasteiger partial charge < -0.3 is 5.95 Å². The molecule has 0 saturated heterocycles. The molecule has 0 saturated carbocycles. The average molecular weight is 310 g/mol. The molecule has 0 amide bonds. The van der Waals surface area contributed by atoms with Gasteiger partial charge in [0, 0.05) is 11.1 Å². The maximum absolute atomic E-state index is 11.2. The van der Waals surface area contributed by atoms with Crippen molar-refractivity contribution >= 4 is 7.82 Å². The molecule has 4 nitrogen and oxygen atoms in total. The predicted molar refractivity (Wildman–Crippen MR) is 77.6 cm³/mol. The molecule has 0 aliphatic rings. The summed E-state index contributed by atoms with van der Waals surface area (Å²) in [4.78, 5) is 18.3.